The maximum Gasteiger partial charge on any atom is 0.328 e. The summed E-state index contributed by atoms with van der Waals surface area (Å²) < 4.78 is 11.2. The predicted molar refractivity (Wildman–Crippen MR) is 84.8 cm³/mol. The molecule has 0 aliphatic heterocycles. The molecule has 25 heavy (non-hydrogen) atoms. The zero-order valence-corrected chi connectivity index (χ0v) is 13.4. The summed E-state index contributed by atoms with van der Waals surface area (Å²) in [5.74, 6) is -0.735. The van der Waals surface area contributed by atoms with Crippen molar-refractivity contribution in [1.82, 2.24) is 9.55 Å². The van der Waals surface area contributed by atoms with Gasteiger partial charge >= 0.3 is 11.7 Å². The molecule has 1 aliphatic rings. The van der Waals surface area contributed by atoms with Crippen molar-refractivity contribution in [3.05, 3.63) is 45.4 Å². The number of nitrogens with one attached hydrogen (secondary N) is 1. The maximum absolute atomic E-state index is 12.2. The largest absolute Gasteiger partial charge is 0.465 e. The molecule has 4 atom stereocenters. The van der Waals surface area contributed by atoms with Crippen LogP contribution in [0.25, 0.3) is 11.3 Å². The van der Waals surface area contributed by atoms with Gasteiger partial charge < -0.3 is 19.4 Å². The number of hydrogen-bond acceptors (Lipinski definition) is 7. The van der Waals surface area contributed by atoms with E-state index in [0.29, 0.717) is 0 Å². The Hall–Kier alpha value is -2.65. The lowest BCUT2D eigenvalue weighted by Crippen LogP contribution is -2.37. The maximum atomic E-state index is 12.2. The number of H-pyrrole nitrogens is 1. The Bertz CT molecular complexity index is 867. The Kier molecular flexibility index (Phi) is 4.60. The van der Waals surface area contributed by atoms with Crippen LogP contribution in [-0.4, -0.2) is 44.5 Å². The molecule has 0 radical (unpaired) electrons. The summed E-state index contributed by atoms with van der Waals surface area (Å²) >= 11 is 0. The highest BCUT2D eigenvalue weighted by molar-refractivity contribution is 5.65. The predicted octanol–water partition coefficient (Wildman–Crippen LogP) is -0.357. The first-order valence-corrected chi connectivity index (χ1v) is 7.77. The Morgan fingerprint density at radius 1 is 1.40 bits per heavy atom. The molecule has 9 heteroatoms. The first-order chi connectivity index (χ1) is 11.9. The van der Waals surface area contributed by atoms with Crippen molar-refractivity contribution >= 4 is 5.97 Å². The van der Waals surface area contributed by atoms with Gasteiger partial charge in [-0.05, 0) is 18.6 Å². The second-order valence-corrected chi connectivity index (χ2v) is 6.03. The smallest absolute Gasteiger partial charge is 0.328 e. The van der Waals surface area contributed by atoms with Gasteiger partial charge in [0, 0.05) is 19.0 Å². The minimum atomic E-state index is -1.24. The van der Waals surface area contributed by atoms with Gasteiger partial charge in [-0.25, -0.2) is 4.79 Å². The number of carbonyl (C=O) groups excluding carboxylic acids is 1. The number of furan rings is 1. The van der Waals surface area contributed by atoms with Gasteiger partial charge in [-0.15, -0.1) is 0 Å². The Balaban J connectivity index is 1.93. The normalized spacial score (nSPS) is 25.9. The molecule has 3 N–H and O–H groups in total. The molecule has 1 fully saturated rings. The molecule has 2 aromatic rings. The van der Waals surface area contributed by atoms with Crippen molar-refractivity contribution in [1.29, 1.82) is 0 Å². The molecule has 2 heterocycles. The molecule has 0 unspecified atom stereocenters. The van der Waals surface area contributed by atoms with Crippen LogP contribution < -0.4 is 11.2 Å². The van der Waals surface area contributed by atoms with Gasteiger partial charge in [-0.3, -0.25) is 19.1 Å². The van der Waals surface area contributed by atoms with Crippen molar-refractivity contribution in [3.8, 4) is 11.3 Å². The van der Waals surface area contributed by atoms with E-state index in [1.807, 2.05) is 0 Å². The average molecular weight is 350 g/mol. The summed E-state index contributed by atoms with van der Waals surface area (Å²) in [4.78, 5) is 37.3. The molecule has 1 aliphatic carbocycles. The van der Waals surface area contributed by atoms with Crippen LogP contribution in [0, 0.1) is 5.92 Å². The van der Waals surface area contributed by atoms with Crippen LogP contribution in [0.1, 0.15) is 19.4 Å². The lowest BCUT2D eigenvalue weighted by Gasteiger charge is -2.19. The molecule has 0 spiro atoms. The number of rotatable bonds is 4. The van der Waals surface area contributed by atoms with Crippen LogP contribution >= 0.6 is 0 Å². The van der Waals surface area contributed by atoms with E-state index in [1.54, 1.807) is 12.1 Å². The number of esters is 1. The van der Waals surface area contributed by atoms with Gasteiger partial charge in [0.2, 0.25) is 0 Å². The zero-order chi connectivity index (χ0) is 18.1. The minimum Gasteiger partial charge on any atom is -0.465 e. The molecule has 1 saturated carbocycles. The van der Waals surface area contributed by atoms with E-state index in [1.165, 1.54) is 24.0 Å². The fraction of sp³-hybridized carbons (Fsp3) is 0.438. The van der Waals surface area contributed by atoms with Crippen molar-refractivity contribution in [3.63, 3.8) is 0 Å². The summed E-state index contributed by atoms with van der Waals surface area (Å²) in [6.07, 6.45) is 0.505. The summed E-state index contributed by atoms with van der Waals surface area (Å²) in [7, 11) is 0. The second kappa shape index (κ2) is 6.69. The van der Waals surface area contributed by atoms with Crippen molar-refractivity contribution in [2.75, 3.05) is 6.61 Å². The van der Waals surface area contributed by atoms with Crippen LogP contribution in [0.15, 0.2) is 38.6 Å². The van der Waals surface area contributed by atoms with Gasteiger partial charge in [0.05, 0.1) is 30.6 Å². The number of aliphatic hydroxyl groups is 2. The van der Waals surface area contributed by atoms with E-state index in [0.717, 1.165) is 0 Å². The van der Waals surface area contributed by atoms with Crippen LogP contribution in [-0.2, 0) is 9.53 Å². The quantitative estimate of drug-likeness (QED) is 0.641. The molecule has 9 nitrogen and oxygen atoms in total. The second-order valence-electron chi connectivity index (χ2n) is 6.03. The summed E-state index contributed by atoms with van der Waals surface area (Å²) in [5, 5.41) is 20.4. The number of aromatic amines is 1. The van der Waals surface area contributed by atoms with Gasteiger partial charge in [0.1, 0.15) is 11.9 Å². The number of hydrogen-bond donors (Lipinski definition) is 3. The van der Waals surface area contributed by atoms with E-state index in [2.05, 4.69) is 4.98 Å². The van der Waals surface area contributed by atoms with E-state index < -0.39 is 41.4 Å². The zero-order valence-electron chi connectivity index (χ0n) is 13.4. The molecule has 134 valence electrons. The summed E-state index contributed by atoms with van der Waals surface area (Å²) in [6, 6.07) is 2.41. The highest BCUT2D eigenvalue weighted by atomic mass is 16.5. The monoisotopic (exact) mass is 350 g/mol. The molecule has 2 aromatic heterocycles. The number of nitrogens with zero attached hydrogens (tertiary/aromatic N) is 1. The lowest BCUT2D eigenvalue weighted by molar-refractivity contribution is -0.143. The van der Waals surface area contributed by atoms with Gasteiger partial charge in [0.25, 0.3) is 5.56 Å². The van der Waals surface area contributed by atoms with Gasteiger partial charge in [-0.1, -0.05) is 0 Å². The highest BCUT2D eigenvalue weighted by Crippen LogP contribution is 2.35. The molecule has 0 aromatic carbocycles. The third-order valence-corrected chi connectivity index (χ3v) is 4.38. The van der Waals surface area contributed by atoms with Crippen LogP contribution in [0.4, 0.5) is 0 Å². The van der Waals surface area contributed by atoms with Gasteiger partial charge in [0.15, 0.2) is 0 Å². The van der Waals surface area contributed by atoms with E-state index in [9.17, 15) is 24.6 Å². The fourth-order valence-electron chi connectivity index (χ4n) is 3.10. The summed E-state index contributed by atoms with van der Waals surface area (Å²) in [5.41, 5.74) is -1.18. The van der Waals surface area contributed by atoms with Gasteiger partial charge in [-0.2, -0.15) is 0 Å². The fourth-order valence-corrected chi connectivity index (χ4v) is 3.10. The molecular weight excluding hydrogens is 332 g/mol. The topological polar surface area (TPSA) is 135 Å². The third-order valence-electron chi connectivity index (χ3n) is 4.38. The minimum absolute atomic E-state index is 0.0623. The van der Waals surface area contributed by atoms with Crippen molar-refractivity contribution in [2.45, 2.75) is 31.6 Å². The standard InChI is InChI=1S/C16H18N2O7/c1-8(19)25-7-9-5-11(14(21)13(9)20)18-6-10(12-3-2-4-24-12)15(22)17-16(18)23/h2-4,6,9,11,13-14,20-21H,5,7H2,1H3,(H,17,22,23)/t9-,11-,13-,14+/m1/s1. The number of aromatic nitrogens is 2. The average Bonchev–Trinajstić information content (AvgIpc) is 3.17. The third kappa shape index (κ3) is 3.28. The molecular formula is C16H18N2O7. The molecule has 0 saturated heterocycles. The molecule has 3 rings (SSSR count). The number of aliphatic hydroxyl groups excluding tert-OH is 2. The Labute approximate surface area is 141 Å². The first-order valence-electron chi connectivity index (χ1n) is 7.77. The first kappa shape index (κ1) is 17.2. The SMILES string of the molecule is CC(=O)OC[C@H]1C[C@@H](n2cc(-c3ccco3)c(=O)[nH]c2=O)[C@H](O)[C@@H]1O. The van der Waals surface area contributed by atoms with E-state index in [-0.39, 0.29) is 24.4 Å². The number of carbonyl (C=O) groups is 1. The lowest BCUT2D eigenvalue weighted by atomic mass is 10.1. The van der Waals surface area contributed by atoms with Crippen LogP contribution in [0.2, 0.25) is 0 Å². The van der Waals surface area contributed by atoms with Crippen molar-refractivity contribution in [2.24, 2.45) is 5.92 Å². The Morgan fingerprint density at radius 2 is 2.16 bits per heavy atom. The van der Waals surface area contributed by atoms with E-state index in [4.69, 9.17) is 9.15 Å². The van der Waals surface area contributed by atoms with Crippen LogP contribution in [0.5, 0.6) is 0 Å². The van der Waals surface area contributed by atoms with Crippen molar-refractivity contribution < 1.29 is 24.2 Å². The molecule has 0 amide bonds. The Morgan fingerprint density at radius 3 is 2.80 bits per heavy atom. The number of ether oxygens (including phenoxy) is 1. The van der Waals surface area contributed by atoms with Crippen LogP contribution in [0.3, 0.4) is 0 Å². The van der Waals surface area contributed by atoms with E-state index >= 15 is 0 Å². The summed E-state index contributed by atoms with van der Waals surface area (Å²) in [6.45, 7) is 1.19. The highest BCUT2D eigenvalue weighted by Gasteiger charge is 2.43. The molecule has 0 bridgehead atoms.